The van der Waals surface area contributed by atoms with Crippen molar-refractivity contribution in [2.45, 2.75) is 18.9 Å². The van der Waals surface area contributed by atoms with Crippen LogP contribution in [0.5, 0.6) is 0 Å². The molecule has 0 aliphatic heterocycles. The minimum Gasteiger partial charge on any atom is -0.481 e. The molecular formula is C17H18O3. The number of carbonyl (C=O) groups is 1. The van der Waals surface area contributed by atoms with Gasteiger partial charge in [0.1, 0.15) is 0 Å². The van der Waals surface area contributed by atoms with Crippen LogP contribution in [0.1, 0.15) is 23.7 Å². The van der Waals surface area contributed by atoms with E-state index in [0.717, 1.165) is 11.1 Å². The number of carboxylic acids is 1. The van der Waals surface area contributed by atoms with E-state index in [0.29, 0.717) is 6.42 Å². The number of hydrogen-bond acceptors (Lipinski definition) is 2. The van der Waals surface area contributed by atoms with Gasteiger partial charge in [-0.25, -0.2) is 0 Å². The molecule has 104 valence electrons. The molecular weight excluding hydrogens is 252 g/mol. The summed E-state index contributed by atoms with van der Waals surface area (Å²) in [7, 11) is 0. The number of benzene rings is 2. The van der Waals surface area contributed by atoms with Gasteiger partial charge >= 0.3 is 5.97 Å². The maximum Gasteiger partial charge on any atom is 0.306 e. The molecule has 3 nitrogen and oxygen atoms in total. The molecule has 0 amide bonds. The molecule has 0 aliphatic carbocycles. The molecule has 3 heteroatoms. The van der Waals surface area contributed by atoms with Crippen LogP contribution in [0.2, 0.25) is 0 Å². The molecule has 2 atom stereocenters. The second-order valence-corrected chi connectivity index (χ2v) is 4.89. The Bertz CT molecular complexity index is 537. The first-order valence-corrected chi connectivity index (χ1v) is 6.66. The fourth-order valence-electron chi connectivity index (χ4n) is 2.25. The molecule has 2 rings (SSSR count). The summed E-state index contributed by atoms with van der Waals surface area (Å²) in [5.74, 6) is -1.46. The van der Waals surface area contributed by atoms with Gasteiger partial charge in [0.25, 0.3) is 0 Å². The quantitative estimate of drug-likeness (QED) is 0.848. The van der Waals surface area contributed by atoms with Gasteiger partial charge in [0.05, 0.1) is 12.0 Å². The highest BCUT2D eigenvalue weighted by molar-refractivity contribution is 5.70. The van der Waals surface area contributed by atoms with E-state index in [4.69, 9.17) is 0 Å². The van der Waals surface area contributed by atoms with Gasteiger partial charge in [-0.3, -0.25) is 4.79 Å². The first-order chi connectivity index (χ1) is 9.66. The zero-order valence-electron chi connectivity index (χ0n) is 11.1. The van der Waals surface area contributed by atoms with Crippen molar-refractivity contribution in [2.75, 3.05) is 0 Å². The van der Waals surface area contributed by atoms with Crippen LogP contribution in [0.25, 0.3) is 0 Å². The largest absolute Gasteiger partial charge is 0.481 e. The molecule has 0 saturated heterocycles. The maximum absolute atomic E-state index is 11.4. The first-order valence-electron chi connectivity index (χ1n) is 6.66. The van der Waals surface area contributed by atoms with Crippen LogP contribution in [0.4, 0.5) is 0 Å². The molecule has 0 aliphatic rings. The van der Waals surface area contributed by atoms with E-state index in [1.165, 1.54) is 0 Å². The third-order valence-corrected chi connectivity index (χ3v) is 3.37. The second-order valence-electron chi connectivity index (χ2n) is 4.89. The van der Waals surface area contributed by atoms with Crippen molar-refractivity contribution in [3.8, 4) is 0 Å². The fourth-order valence-corrected chi connectivity index (χ4v) is 2.25. The lowest BCUT2D eigenvalue weighted by atomic mass is 9.91. The van der Waals surface area contributed by atoms with E-state index in [1.807, 2.05) is 60.7 Å². The van der Waals surface area contributed by atoms with Gasteiger partial charge < -0.3 is 10.2 Å². The van der Waals surface area contributed by atoms with Gasteiger partial charge in [-0.15, -0.1) is 0 Å². The SMILES string of the molecule is O=C(O)C(Cc1ccccc1)CC(O)c1ccccc1. The van der Waals surface area contributed by atoms with Crippen LogP contribution >= 0.6 is 0 Å². The van der Waals surface area contributed by atoms with Gasteiger partial charge in [-0.2, -0.15) is 0 Å². The molecule has 0 radical (unpaired) electrons. The minimum atomic E-state index is -0.871. The molecule has 0 heterocycles. The van der Waals surface area contributed by atoms with Gasteiger partial charge in [-0.05, 0) is 24.0 Å². The zero-order chi connectivity index (χ0) is 14.4. The lowest BCUT2D eigenvalue weighted by molar-refractivity contribution is -0.142. The summed E-state index contributed by atoms with van der Waals surface area (Å²) in [5, 5.41) is 19.5. The number of carboxylic acid groups (broad SMARTS) is 1. The van der Waals surface area contributed by atoms with Gasteiger partial charge in [0, 0.05) is 0 Å². The Morgan fingerprint density at radius 3 is 2.05 bits per heavy atom. The van der Waals surface area contributed by atoms with Crippen LogP contribution in [-0.2, 0) is 11.2 Å². The lowest BCUT2D eigenvalue weighted by Crippen LogP contribution is -2.19. The van der Waals surface area contributed by atoms with Crippen molar-refractivity contribution in [3.05, 3.63) is 71.8 Å². The third kappa shape index (κ3) is 3.93. The van der Waals surface area contributed by atoms with E-state index in [-0.39, 0.29) is 6.42 Å². The van der Waals surface area contributed by atoms with E-state index >= 15 is 0 Å². The Balaban J connectivity index is 2.05. The van der Waals surface area contributed by atoms with Crippen molar-refractivity contribution >= 4 is 5.97 Å². The Hall–Kier alpha value is -2.13. The number of aliphatic hydroxyl groups is 1. The Morgan fingerprint density at radius 2 is 1.50 bits per heavy atom. The highest BCUT2D eigenvalue weighted by Gasteiger charge is 2.22. The molecule has 0 bridgehead atoms. The lowest BCUT2D eigenvalue weighted by Gasteiger charge is -2.17. The average molecular weight is 270 g/mol. The maximum atomic E-state index is 11.4. The molecule has 2 N–H and O–H groups in total. The van der Waals surface area contributed by atoms with Crippen molar-refractivity contribution in [3.63, 3.8) is 0 Å². The monoisotopic (exact) mass is 270 g/mol. The summed E-state index contributed by atoms with van der Waals surface area (Å²) in [6.45, 7) is 0. The number of hydrogen-bond donors (Lipinski definition) is 2. The van der Waals surface area contributed by atoms with Crippen LogP contribution < -0.4 is 0 Å². The molecule has 2 unspecified atom stereocenters. The van der Waals surface area contributed by atoms with Crippen molar-refractivity contribution < 1.29 is 15.0 Å². The van der Waals surface area contributed by atoms with Gasteiger partial charge in [-0.1, -0.05) is 60.7 Å². The predicted octanol–water partition coefficient (Wildman–Crippen LogP) is 3.05. The highest BCUT2D eigenvalue weighted by atomic mass is 16.4. The summed E-state index contributed by atoms with van der Waals surface area (Å²) in [6, 6.07) is 18.7. The normalized spacial score (nSPS) is 13.7. The fraction of sp³-hybridized carbons (Fsp3) is 0.235. The third-order valence-electron chi connectivity index (χ3n) is 3.37. The van der Waals surface area contributed by atoms with E-state index in [9.17, 15) is 15.0 Å². The van der Waals surface area contributed by atoms with Crippen LogP contribution in [-0.4, -0.2) is 16.2 Å². The Labute approximate surface area is 118 Å². The van der Waals surface area contributed by atoms with E-state index in [1.54, 1.807) is 0 Å². The molecule has 0 aromatic heterocycles. The second kappa shape index (κ2) is 6.87. The topological polar surface area (TPSA) is 57.5 Å². The molecule has 2 aromatic carbocycles. The number of rotatable bonds is 6. The summed E-state index contributed by atoms with van der Waals surface area (Å²) in [6.07, 6.45) is -0.102. The van der Waals surface area contributed by atoms with Crippen molar-refractivity contribution in [2.24, 2.45) is 5.92 Å². The smallest absolute Gasteiger partial charge is 0.306 e. The summed E-state index contributed by atoms with van der Waals surface area (Å²) in [5.41, 5.74) is 1.73. The van der Waals surface area contributed by atoms with Crippen LogP contribution in [0.3, 0.4) is 0 Å². The number of aliphatic carboxylic acids is 1. The van der Waals surface area contributed by atoms with Crippen LogP contribution in [0.15, 0.2) is 60.7 Å². The molecule has 20 heavy (non-hydrogen) atoms. The average Bonchev–Trinajstić information content (AvgIpc) is 2.48. The van der Waals surface area contributed by atoms with E-state index in [2.05, 4.69) is 0 Å². The molecule has 0 fully saturated rings. The zero-order valence-corrected chi connectivity index (χ0v) is 11.1. The van der Waals surface area contributed by atoms with E-state index < -0.39 is 18.0 Å². The molecule has 0 spiro atoms. The first kappa shape index (κ1) is 14.3. The van der Waals surface area contributed by atoms with Crippen molar-refractivity contribution in [1.82, 2.24) is 0 Å². The summed E-state index contributed by atoms with van der Waals surface area (Å²) in [4.78, 5) is 11.4. The standard InChI is InChI=1S/C17H18O3/c18-16(14-9-5-2-6-10-14)12-15(17(19)20)11-13-7-3-1-4-8-13/h1-10,15-16,18H,11-12H2,(H,19,20). The molecule has 0 saturated carbocycles. The summed E-state index contributed by atoms with van der Waals surface area (Å²) >= 11 is 0. The van der Waals surface area contributed by atoms with Crippen molar-refractivity contribution in [1.29, 1.82) is 0 Å². The number of aliphatic hydroxyl groups excluding tert-OH is 1. The minimum absolute atomic E-state index is 0.217. The molecule has 2 aromatic rings. The van der Waals surface area contributed by atoms with Crippen LogP contribution in [0, 0.1) is 5.92 Å². The van der Waals surface area contributed by atoms with Gasteiger partial charge in [0.15, 0.2) is 0 Å². The summed E-state index contributed by atoms with van der Waals surface area (Å²) < 4.78 is 0. The Morgan fingerprint density at radius 1 is 0.950 bits per heavy atom. The predicted molar refractivity (Wildman–Crippen MR) is 77.3 cm³/mol. The highest BCUT2D eigenvalue weighted by Crippen LogP contribution is 2.23. The van der Waals surface area contributed by atoms with Gasteiger partial charge in [0.2, 0.25) is 0 Å². The Kier molecular flexibility index (Phi) is 4.91.